The van der Waals surface area contributed by atoms with Gasteiger partial charge in [-0.15, -0.1) is 0 Å². The molecule has 5 aromatic rings. The summed E-state index contributed by atoms with van der Waals surface area (Å²) in [4.78, 5) is 16.9. The maximum atomic E-state index is 5.70. The highest BCUT2D eigenvalue weighted by molar-refractivity contribution is 6.29. The first-order valence-electron chi connectivity index (χ1n) is 11.8. The van der Waals surface area contributed by atoms with Gasteiger partial charge in [-0.3, -0.25) is 9.97 Å². The van der Waals surface area contributed by atoms with Crippen molar-refractivity contribution in [3.63, 3.8) is 0 Å². The van der Waals surface area contributed by atoms with E-state index in [1.807, 2.05) is 72.8 Å². The molecule has 9 nitrogen and oxygen atoms in total. The molecule has 0 saturated carbocycles. The quantitative estimate of drug-likeness (QED) is 0.219. The third kappa shape index (κ3) is 7.56. The molecule has 5 rings (SSSR count). The molecule has 0 unspecified atom stereocenters. The van der Waals surface area contributed by atoms with Gasteiger partial charge >= 0.3 is 0 Å². The molecule has 0 aliphatic rings. The van der Waals surface area contributed by atoms with Crippen LogP contribution in [0.4, 0.5) is 23.0 Å². The molecule has 0 fully saturated rings. The fourth-order valence-electron chi connectivity index (χ4n) is 3.54. The van der Waals surface area contributed by atoms with Gasteiger partial charge < -0.3 is 24.8 Å². The normalized spacial score (nSPS) is 10.1. The average molecular weight is 543 g/mol. The smallest absolute Gasteiger partial charge is 0.203 e. The highest BCUT2D eigenvalue weighted by atomic mass is 35.5. The Balaban J connectivity index is 0.000000212. The minimum absolute atomic E-state index is 0.380. The molecule has 2 N–H and O–H groups in total. The van der Waals surface area contributed by atoms with E-state index in [4.69, 9.17) is 25.8 Å². The third-order valence-electron chi connectivity index (χ3n) is 5.29. The van der Waals surface area contributed by atoms with E-state index >= 15 is 0 Å². The zero-order valence-electron chi connectivity index (χ0n) is 21.6. The summed E-state index contributed by atoms with van der Waals surface area (Å²) in [5.74, 6) is 2.97. The first kappa shape index (κ1) is 27.2. The van der Waals surface area contributed by atoms with Crippen molar-refractivity contribution in [1.82, 2.24) is 19.9 Å². The van der Waals surface area contributed by atoms with Crippen LogP contribution in [0, 0.1) is 0 Å². The predicted molar refractivity (Wildman–Crippen MR) is 154 cm³/mol. The number of benzene rings is 3. The standard InChI is InChI=1S/C19H19N3O3.C10H8ClN3/c1-23-16-9-13(10-17(24-2)19(16)25-3)15-11-20-12-18(22-15)21-14-7-5-4-6-8-14;11-9-6-12-7-10(14-9)13-8-4-2-1-3-5-8/h4-12H,1-3H3,(H,21,22);1-7H,(H,13,14). The van der Waals surface area contributed by atoms with Crippen LogP contribution >= 0.6 is 11.6 Å². The summed E-state index contributed by atoms with van der Waals surface area (Å²) in [7, 11) is 4.74. The van der Waals surface area contributed by atoms with Crippen molar-refractivity contribution in [2.45, 2.75) is 0 Å². The Morgan fingerprint density at radius 2 is 1.13 bits per heavy atom. The molecule has 10 heteroatoms. The maximum Gasteiger partial charge on any atom is 0.203 e. The summed E-state index contributed by atoms with van der Waals surface area (Å²) in [5.41, 5.74) is 3.42. The van der Waals surface area contributed by atoms with Crippen molar-refractivity contribution in [3.05, 3.63) is 103 Å². The minimum atomic E-state index is 0.380. The lowest BCUT2D eigenvalue weighted by molar-refractivity contribution is 0.324. The molecular formula is C29H27ClN6O3. The Kier molecular flexibility index (Phi) is 9.47. The number of halogens is 1. The van der Waals surface area contributed by atoms with E-state index in [2.05, 4.69) is 30.6 Å². The summed E-state index contributed by atoms with van der Waals surface area (Å²) < 4.78 is 16.1. The van der Waals surface area contributed by atoms with Gasteiger partial charge in [-0.05, 0) is 36.4 Å². The van der Waals surface area contributed by atoms with Crippen LogP contribution in [0.15, 0.2) is 97.6 Å². The van der Waals surface area contributed by atoms with Crippen LogP contribution < -0.4 is 24.8 Å². The molecular weight excluding hydrogens is 516 g/mol. The largest absolute Gasteiger partial charge is 0.493 e. The highest BCUT2D eigenvalue weighted by Gasteiger charge is 2.15. The second kappa shape index (κ2) is 13.6. The molecule has 3 aromatic carbocycles. The van der Waals surface area contributed by atoms with Crippen LogP contribution in [0.3, 0.4) is 0 Å². The maximum absolute atomic E-state index is 5.70. The number of nitrogens with one attached hydrogen (secondary N) is 2. The zero-order chi connectivity index (χ0) is 27.5. The number of para-hydroxylation sites is 2. The van der Waals surface area contributed by atoms with Gasteiger partial charge in [0.25, 0.3) is 0 Å². The van der Waals surface area contributed by atoms with Gasteiger partial charge in [0.05, 0.1) is 51.8 Å². The van der Waals surface area contributed by atoms with Gasteiger partial charge in [-0.25, -0.2) is 9.97 Å². The van der Waals surface area contributed by atoms with E-state index in [-0.39, 0.29) is 0 Å². The molecule has 0 bridgehead atoms. The van der Waals surface area contributed by atoms with E-state index in [9.17, 15) is 0 Å². The number of aromatic nitrogens is 4. The Labute approximate surface area is 231 Å². The van der Waals surface area contributed by atoms with Crippen LogP contribution in [0.2, 0.25) is 5.15 Å². The third-order valence-corrected chi connectivity index (χ3v) is 5.47. The zero-order valence-corrected chi connectivity index (χ0v) is 22.4. The fourth-order valence-corrected chi connectivity index (χ4v) is 3.68. The van der Waals surface area contributed by atoms with E-state index in [1.165, 1.54) is 6.20 Å². The van der Waals surface area contributed by atoms with Gasteiger partial charge in [0.1, 0.15) is 11.0 Å². The van der Waals surface area contributed by atoms with E-state index in [0.29, 0.717) is 39.7 Å². The Bertz CT molecular complexity index is 1460. The van der Waals surface area contributed by atoms with Gasteiger partial charge in [0.15, 0.2) is 17.3 Å². The van der Waals surface area contributed by atoms with E-state index < -0.39 is 0 Å². The summed E-state index contributed by atoms with van der Waals surface area (Å²) >= 11 is 5.70. The molecule has 2 aromatic heterocycles. The van der Waals surface area contributed by atoms with Crippen molar-refractivity contribution < 1.29 is 14.2 Å². The highest BCUT2D eigenvalue weighted by Crippen LogP contribution is 2.40. The number of hydrogen-bond donors (Lipinski definition) is 2. The fraction of sp³-hybridized carbons (Fsp3) is 0.103. The molecule has 198 valence electrons. The lowest BCUT2D eigenvalue weighted by Gasteiger charge is -2.14. The Morgan fingerprint density at radius 3 is 1.62 bits per heavy atom. The molecule has 0 aliphatic carbocycles. The summed E-state index contributed by atoms with van der Waals surface area (Å²) in [5, 5.41) is 6.70. The molecule has 0 spiro atoms. The first-order valence-corrected chi connectivity index (χ1v) is 12.2. The van der Waals surface area contributed by atoms with Crippen LogP contribution in [-0.4, -0.2) is 41.3 Å². The number of methoxy groups -OCH3 is 3. The molecule has 0 saturated heterocycles. The molecule has 2 heterocycles. The van der Waals surface area contributed by atoms with Crippen LogP contribution in [0.5, 0.6) is 17.2 Å². The number of nitrogens with zero attached hydrogens (tertiary/aromatic N) is 4. The molecule has 0 radical (unpaired) electrons. The Hall–Kier alpha value is -4.89. The summed E-state index contributed by atoms with van der Waals surface area (Å²) in [6.07, 6.45) is 6.49. The molecule has 0 atom stereocenters. The lowest BCUT2D eigenvalue weighted by Crippen LogP contribution is -1.98. The Morgan fingerprint density at radius 1 is 0.615 bits per heavy atom. The first-order chi connectivity index (χ1) is 19.1. The van der Waals surface area contributed by atoms with Gasteiger partial charge in [0.2, 0.25) is 5.75 Å². The second-order valence-electron chi connectivity index (χ2n) is 7.91. The van der Waals surface area contributed by atoms with Crippen molar-refractivity contribution in [2.75, 3.05) is 32.0 Å². The van der Waals surface area contributed by atoms with Crippen LogP contribution in [0.1, 0.15) is 0 Å². The van der Waals surface area contributed by atoms with E-state index in [0.717, 1.165) is 16.9 Å². The van der Waals surface area contributed by atoms with Crippen LogP contribution in [-0.2, 0) is 0 Å². The summed E-state index contributed by atoms with van der Waals surface area (Å²) in [6, 6.07) is 23.2. The SMILES string of the molecule is COc1cc(-c2cncc(Nc3ccccc3)n2)cc(OC)c1OC.Clc1cncc(Nc2ccccc2)n1. The van der Waals surface area contributed by atoms with E-state index in [1.54, 1.807) is 39.9 Å². The second-order valence-corrected chi connectivity index (χ2v) is 8.30. The van der Waals surface area contributed by atoms with Gasteiger partial charge in [0, 0.05) is 16.9 Å². The number of rotatable bonds is 8. The van der Waals surface area contributed by atoms with Crippen molar-refractivity contribution in [3.8, 4) is 28.5 Å². The topological polar surface area (TPSA) is 103 Å². The van der Waals surface area contributed by atoms with Crippen molar-refractivity contribution >= 4 is 34.6 Å². The van der Waals surface area contributed by atoms with Crippen molar-refractivity contribution in [2.24, 2.45) is 0 Å². The van der Waals surface area contributed by atoms with Crippen LogP contribution in [0.25, 0.3) is 11.3 Å². The summed E-state index contributed by atoms with van der Waals surface area (Å²) in [6.45, 7) is 0. The monoisotopic (exact) mass is 542 g/mol. The molecule has 0 amide bonds. The predicted octanol–water partition coefficient (Wildman–Crippen LogP) is 6.79. The minimum Gasteiger partial charge on any atom is -0.493 e. The van der Waals surface area contributed by atoms with Gasteiger partial charge in [-0.2, -0.15) is 0 Å². The number of ether oxygens (including phenoxy) is 3. The number of anilines is 4. The molecule has 39 heavy (non-hydrogen) atoms. The van der Waals surface area contributed by atoms with Crippen molar-refractivity contribution in [1.29, 1.82) is 0 Å². The lowest BCUT2D eigenvalue weighted by atomic mass is 10.1. The van der Waals surface area contributed by atoms with Gasteiger partial charge in [-0.1, -0.05) is 48.0 Å². The molecule has 0 aliphatic heterocycles. The average Bonchev–Trinajstić information content (AvgIpc) is 2.98. The number of hydrogen-bond acceptors (Lipinski definition) is 9.